The first-order valence-corrected chi connectivity index (χ1v) is 7.95. The van der Waals surface area contributed by atoms with Crippen LogP contribution in [0, 0.1) is 0 Å². The lowest BCUT2D eigenvalue weighted by molar-refractivity contribution is 0.152. The van der Waals surface area contributed by atoms with E-state index in [0.29, 0.717) is 0 Å². The first-order valence-electron chi connectivity index (χ1n) is 7.95. The van der Waals surface area contributed by atoms with Gasteiger partial charge in [-0.25, -0.2) is 0 Å². The van der Waals surface area contributed by atoms with Gasteiger partial charge in [0.05, 0.1) is 6.54 Å². The molecule has 0 bridgehead atoms. The van der Waals surface area contributed by atoms with Gasteiger partial charge in [-0.3, -0.25) is 4.99 Å². The Morgan fingerprint density at radius 3 is 2.42 bits per heavy atom. The number of hydrogen-bond donors (Lipinski definition) is 0. The molecule has 2 heterocycles. The SMILES string of the molecule is CC.CN1CCN(CCCCCC2=NCC=C2)CC1. The topological polar surface area (TPSA) is 18.8 Å². The largest absolute Gasteiger partial charge is 0.304 e. The lowest BCUT2D eigenvalue weighted by Crippen LogP contribution is -2.44. The molecule has 0 aromatic rings. The van der Waals surface area contributed by atoms with Crippen molar-refractivity contribution in [2.75, 3.05) is 46.3 Å². The fourth-order valence-electron chi connectivity index (χ4n) is 2.46. The number of aliphatic imine (C=N–C) groups is 1. The second kappa shape index (κ2) is 10.2. The van der Waals surface area contributed by atoms with E-state index in [4.69, 9.17) is 0 Å². The zero-order valence-corrected chi connectivity index (χ0v) is 13.1. The highest BCUT2D eigenvalue weighted by atomic mass is 15.2. The van der Waals surface area contributed by atoms with Crippen LogP contribution in [-0.4, -0.2) is 61.8 Å². The van der Waals surface area contributed by atoms with Crippen molar-refractivity contribution in [2.45, 2.75) is 39.5 Å². The van der Waals surface area contributed by atoms with Gasteiger partial charge in [0.25, 0.3) is 0 Å². The molecule has 2 aliphatic rings. The van der Waals surface area contributed by atoms with Gasteiger partial charge in [0.2, 0.25) is 0 Å². The van der Waals surface area contributed by atoms with E-state index in [1.807, 2.05) is 13.8 Å². The van der Waals surface area contributed by atoms with Crippen molar-refractivity contribution in [1.29, 1.82) is 0 Å². The molecule has 3 heteroatoms. The zero-order valence-electron chi connectivity index (χ0n) is 13.1. The summed E-state index contributed by atoms with van der Waals surface area (Å²) in [5.41, 5.74) is 1.31. The highest BCUT2D eigenvalue weighted by molar-refractivity contribution is 5.96. The Kier molecular flexibility index (Phi) is 8.76. The third-order valence-corrected chi connectivity index (χ3v) is 3.71. The summed E-state index contributed by atoms with van der Waals surface area (Å²) in [6.45, 7) is 11.2. The molecular weight excluding hydrogens is 234 g/mol. The lowest BCUT2D eigenvalue weighted by atomic mass is 10.1. The summed E-state index contributed by atoms with van der Waals surface area (Å²) in [6, 6.07) is 0. The van der Waals surface area contributed by atoms with Crippen LogP contribution < -0.4 is 0 Å². The standard InChI is InChI=1S/C14H25N3.C2H6/c1-16-10-12-17(13-11-16)9-4-2-3-6-14-7-5-8-15-14;1-2/h5,7H,2-4,6,8-13H2,1H3;1-2H3. The smallest absolute Gasteiger partial charge is 0.0577 e. The Bertz CT molecular complexity index is 276. The third kappa shape index (κ3) is 6.88. The van der Waals surface area contributed by atoms with Gasteiger partial charge in [-0.15, -0.1) is 0 Å². The monoisotopic (exact) mass is 265 g/mol. The summed E-state index contributed by atoms with van der Waals surface area (Å²) in [5.74, 6) is 0. The zero-order chi connectivity index (χ0) is 13.9. The van der Waals surface area contributed by atoms with E-state index in [1.54, 1.807) is 0 Å². The number of allylic oxidation sites excluding steroid dienone is 1. The van der Waals surface area contributed by atoms with Gasteiger partial charge in [0.15, 0.2) is 0 Å². The molecule has 2 aliphatic heterocycles. The molecule has 1 fully saturated rings. The summed E-state index contributed by atoms with van der Waals surface area (Å²) in [6.07, 6.45) is 9.51. The molecule has 0 amide bonds. The van der Waals surface area contributed by atoms with Crippen LogP contribution in [0.1, 0.15) is 39.5 Å². The third-order valence-electron chi connectivity index (χ3n) is 3.71. The maximum absolute atomic E-state index is 4.42. The molecule has 0 atom stereocenters. The van der Waals surface area contributed by atoms with Crippen molar-refractivity contribution >= 4 is 5.71 Å². The summed E-state index contributed by atoms with van der Waals surface area (Å²) in [4.78, 5) is 9.44. The fraction of sp³-hybridized carbons (Fsp3) is 0.812. The van der Waals surface area contributed by atoms with Crippen LogP contribution in [0.4, 0.5) is 0 Å². The number of piperazine rings is 1. The minimum Gasteiger partial charge on any atom is -0.304 e. The summed E-state index contributed by atoms with van der Waals surface area (Å²) in [7, 11) is 2.22. The van der Waals surface area contributed by atoms with Crippen LogP contribution in [0.25, 0.3) is 0 Å². The van der Waals surface area contributed by atoms with E-state index in [9.17, 15) is 0 Å². The maximum Gasteiger partial charge on any atom is 0.0577 e. The van der Waals surface area contributed by atoms with Gasteiger partial charge >= 0.3 is 0 Å². The molecule has 19 heavy (non-hydrogen) atoms. The summed E-state index contributed by atoms with van der Waals surface area (Å²) < 4.78 is 0. The number of hydrogen-bond acceptors (Lipinski definition) is 3. The normalized spacial score (nSPS) is 20.1. The van der Waals surface area contributed by atoms with Crippen LogP contribution in [0.3, 0.4) is 0 Å². The van der Waals surface area contributed by atoms with Crippen LogP contribution in [0.5, 0.6) is 0 Å². The van der Waals surface area contributed by atoms with E-state index in [-0.39, 0.29) is 0 Å². The Morgan fingerprint density at radius 2 is 1.79 bits per heavy atom. The van der Waals surface area contributed by atoms with E-state index in [1.165, 1.54) is 64.1 Å². The average Bonchev–Trinajstić information content (AvgIpc) is 2.96. The summed E-state index contributed by atoms with van der Waals surface area (Å²) >= 11 is 0. The van der Waals surface area contributed by atoms with E-state index < -0.39 is 0 Å². The first-order chi connectivity index (χ1) is 9.34. The molecule has 3 nitrogen and oxygen atoms in total. The van der Waals surface area contributed by atoms with Gasteiger partial charge in [-0.05, 0) is 38.9 Å². The molecule has 0 N–H and O–H groups in total. The molecule has 0 aromatic heterocycles. The van der Waals surface area contributed by atoms with Crippen molar-refractivity contribution in [2.24, 2.45) is 4.99 Å². The van der Waals surface area contributed by atoms with Crippen molar-refractivity contribution in [3.8, 4) is 0 Å². The molecular formula is C16H31N3. The summed E-state index contributed by atoms with van der Waals surface area (Å²) in [5, 5.41) is 0. The predicted octanol–water partition coefficient (Wildman–Crippen LogP) is 2.83. The second-order valence-corrected chi connectivity index (χ2v) is 5.19. The average molecular weight is 265 g/mol. The molecule has 0 aromatic carbocycles. The molecule has 0 spiro atoms. The van der Waals surface area contributed by atoms with Crippen molar-refractivity contribution in [3.05, 3.63) is 12.2 Å². The molecule has 1 saturated heterocycles. The van der Waals surface area contributed by atoms with Crippen LogP contribution in [0.15, 0.2) is 17.1 Å². The maximum atomic E-state index is 4.42. The Labute approximate surface area is 119 Å². The molecule has 0 radical (unpaired) electrons. The van der Waals surface area contributed by atoms with Gasteiger partial charge in [-0.2, -0.15) is 0 Å². The van der Waals surface area contributed by atoms with Gasteiger partial charge in [0, 0.05) is 31.9 Å². The number of nitrogens with zero attached hydrogens (tertiary/aromatic N) is 3. The van der Waals surface area contributed by atoms with Gasteiger partial charge in [0.1, 0.15) is 0 Å². The highest BCUT2D eigenvalue weighted by Gasteiger charge is 2.12. The van der Waals surface area contributed by atoms with Gasteiger partial charge in [-0.1, -0.05) is 26.3 Å². The predicted molar refractivity (Wildman–Crippen MR) is 85.2 cm³/mol. The van der Waals surface area contributed by atoms with Gasteiger partial charge < -0.3 is 9.80 Å². The van der Waals surface area contributed by atoms with E-state index >= 15 is 0 Å². The first kappa shape index (κ1) is 16.4. The molecule has 110 valence electrons. The number of unbranched alkanes of at least 4 members (excludes halogenated alkanes) is 2. The van der Waals surface area contributed by atoms with Crippen LogP contribution in [-0.2, 0) is 0 Å². The van der Waals surface area contributed by atoms with E-state index in [0.717, 1.165) is 6.54 Å². The van der Waals surface area contributed by atoms with Crippen LogP contribution >= 0.6 is 0 Å². The lowest BCUT2D eigenvalue weighted by Gasteiger charge is -2.32. The molecule has 0 saturated carbocycles. The van der Waals surface area contributed by atoms with Crippen molar-refractivity contribution in [3.63, 3.8) is 0 Å². The fourth-order valence-corrected chi connectivity index (χ4v) is 2.46. The Morgan fingerprint density at radius 1 is 1.05 bits per heavy atom. The highest BCUT2D eigenvalue weighted by Crippen LogP contribution is 2.07. The van der Waals surface area contributed by atoms with Crippen molar-refractivity contribution < 1.29 is 0 Å². The minimum absolute atomic E-state index is 0.913. The Balaban J connectivity index is 0.000000861. The molecule has 2 rings (SSSR count). The van der Waals surface area contributed by atoms with Crippen LogP contribution in [0.2, 0.25) is 0 Å². The molecule has 0 unspecified atom stereocenters. The number of rotatable bonds is 6. The quantitative estimate of drug-likeness (QED) is 0.688. The minimum atomic E-state index is 0.913. The second-order valence-electron chi connectivity index (χ2n) is 5.19. The van der Waals surface area contributed by atoms with Crippen molar-refractivity contribution in [1.82, 2.24) is 9.80 Å². The molecule has 0 aliphatic carbocycles. The Hall–Kier alpha value is -0.670. The number of likely N-dealkylation sites (N-methyl/N-ethyl adjacent to an activating group) is 1. The van der Waals surface area contributed by atoms with E-state index in [2.05, 4.69) is 34.0 Å².